The zero-order valence-corrected chi connectivity index (χ0v) is 19.2. The van der Waals surface area contributed by atoms with Crippen LogP contribution in [-0.4, -0.2) is 60.9 Å². The molecule has 0 saturated heterocycles. The van der Waals surface area contributed by atoms with Crippen molar-refractivity contribution in [3.8, 4) is 0 Å². The zero-order chi connectivity index (χ0) is 23.0. The van der Waals surface area contributed by atoms with E-state index >= 15 is 0 Å². The van der Waals surface area contributed by atoms with Crippen molar-refractivity contribution in [3.05, 3.63) is 29.3 Å². The average Bonchev–Trinajstić information content (AvgIpc) is 3.08. The van der Waals surface area contributed by atoms with E-state index in [4.69, 9.17) is 16.7 Å². The van der Waals surface area contributed by atoms with E-state index in [1.807, 2.05) is 0 Å². The molecule has 2 aromatic heterocycles. The summed E-state index contributed by atoms with van der Waals surface area (Å²) in [5, 5.41) is 14.9. The molecule has 2 aromatic rings. The number of fused-ring (bicyclic) bond motifs is 1. The van der Waals surface area contributed by atoms with Gasteiger partial charge < -0.3 is 5.11 Å². The Morgan fingerprint density at radius 3 is 2.61 bits per heavy atom. The number of hydrogen-bond acceptors (Lipinski definition) is 7. The number of hydrogen-bond donors (Lipinski definition) is 2. The van der Waals surface area contributed by atoms with Crippen molar-refractivity contribution < 1.29 is 26.7 Å². The lowest BCUT2D eigenvalue weighted by molar-refractivity contribution is 0.209. The number of pyridine rings is 1. The van der Waals surface area contributed by atoms with Crippen molar-refractivity contribution in [1.82, 2.24) is 14.8 Å². The van der Waals surface area contributed by atoms with E-state index in [-0.39, 0.29) is 45.9 Å². The van der Waals surface area contributed by atoms with Gasteiger partial charge >= 0.3 is 6.09 Å². The van der Waals surface area contributed by atoms with Crippen molar-refractivity contribution in [2.24, 2.45) is 5.92 Å². The molecule has 31 heavy (non-hydrogen) atoms. The first-order valence-electron chi connectivity index (χ1n) is 9.41. The van der Waals surface area contributed by atoms with Crippen LogP contribution in [0.3, 0.4) is 0 Å². The first kappa shape index (κ1) is 23.3. The van der Waals surface area contributed by atoms with Crippen LogP contribution >= 0.6 is 11.6 Å². The van der Waals surface area contributed by atoms with Gasteiger partial charge in [-0.05, 0) is 25.3 Å². The molecule has 2 N–H and O–H groups in total. The van der Waals surface area contributed by atoms with E-state index in [0.29, 0.717) is 12.2 Å². The van der Waals surface area contributed by atoms with Gasteiger partial charge in [0.05, 0.1) is 29.0 Å². The van der Waals surface area contributed by atoms with Gasteiger partial charge in [-0.25, -0.2) is 21.6 Å². The monoisotopic (exact) mass is 491 g/mol. The first-order valence-corrected chi connectivity index (χ1v) is 13.1. The van der Waals surface area contributed by atoms with E-state index in [9.17, 15) is 21.6 Å². The Labute approximate surface area is 185 Å². The maximum atomic E-state index is 13.5. The molecule has 1 amide bonds. The number of aryl methyl sites for hydroxylation is 1. The number of carbonyl (C=O) groups is 1. The topological polar surface area (TPSA) is 152 Å². The van der Waals surface area contributed by atoms with E-state index in [0.717, 1.165) is 4.31 Å². The molecule has 0 bridgehead atoms. The lowest BCUT2D eigenvalue weighted by atomic mass is 9.99. The van der Waals surface area contributed by atoms with E-state index in [1.54, 1.807) is 6.92 Å². The Bertz CT molecular complexity index is 1210. The molecule has 0 saturated carbocycles. The number of nitrogens with one attached hydrogen (secondary N) is 1. The molecule has 1 aliphatic heterocycles. The summed E-state index contributed by atoms with van der Waals surface area (Å²) >= 11 is 6.08. The summed E-state index contributed by atoms with van der Waals surface area (Å²) in [7, 11) is -7.60. The third-order valence-corrected chi connectivity index (χ3v) is 8.91. The summed E-state index contributed by atoms with van der Waals surface area (Å²) in [6.45, 7) is 3.58. The zero-order valence-electron chi connectivity index (χ0n) is 16.8. The first-order chi connectivity index (χ1) is 14.5. The van der Waals surface area contributed by atoms with Crippen LogP contribution in [0.5, 0.6) is 0 Å². The van der Waals surface area contributed by atoms with Crippen LogP contribution in [0.2, 0.25) is 5.15 Å². The van der Waals surface area contributed by atoms with Gasteiger partial charge in [0.15, 0.2) is 5.15 Å². The Morgan fingerprint density at radius 1 is 1.32 bits per heavy atom. The summed E-state index contributed by atoms with van der Waals surface area (Å²) in [5.74, 6) is -0.793. The molecule has 1 atom stereocenters. The van der Waals surface area contributed by atoms with Crippen LogP contribution in [0.1, 0.15) is 19.5 Å². The number of nitrogens with zero attached hydrogens (tertiary/aromatic N) is 4. The van der Waals surface area contributed by atoms with Crippen molar-refractivity contribution in [2.45, 2.75) is 31.7 Å². The largest absolute Gasteiger partial charge is 0.465 e. The fraction of sp³-hybridized carbons (Fsp3) is 0.471. The minimum absolute atomic E-state index is 0.0624. The number of anilines is 2. The number of sulfone groups is 1. The predicted molar refractivity (Wildman–Crippen MR) is 115 cm³/mol. The predicted octanol–water partition coefficient (Wildman–Crippen LogP) is 1.84. The Morgan fingerprint density at radius 2 is 2.03 bits per heavy atom. The number of rotatable bonds is 7. The van der Waals surface area contributed by atoms with Crippen molar-refractivity contribution in [3.63, 3.8) is 0 Å². The molecule has 0 spiro atoms. The maximum Gasteiger partial charge on any atom is 0.409 e. The summed E-state index contributed by atoms with van der Waals surface area (Å²) in [4.78, 5) is 15.0. The van der Waals surface area contributed by atoms with Gasteiger partial charge in [-0.1, -0.05) is 18.5 Å². The van der Waals surface area contributed by atoms with Crippen LogP contribution in [0.4, 0.5) is 16.2 Å². The second-order valence-corrected chi connectivity index (χ2v) is 11.7. The van der Waals surface area contributed by atoms with E-state index < -0.39 is 31.9 Å². The number of aromatic nitrogens is 3. The van der Waals surface area contributed by atoms with Crippen LogP contribution in [0, 0.1) is 5.92 Å². The van der Waals surface area contributed by atoms with Crippen molar-refractivity contribution >= 4 is 48.9 Å². The Balaban J connectivity index is 2.11. The summed E-state index contributed by atoms with van der Waals surface area (Å²) in [6.07, 6.45) is 1.47. The molecule has 3 rings (SSSR count). The molecule has 3 heterocycles. The van der Waals surface area contributed by atoms with Gasteiger partial charge in [0, 0.05) is 25.0 Å². The quantitative estimate of drug-likeness (QED) is 0.595. The normalized spacial score (nSPS) is 16.7. The number of sulfonamides is 1. The maximum absolute atomic E-state index is 13.5. The fourth-order valence-electron chi connectivity index (χ4n) is 3.37. The summed E-state index contributed by atoms with van der Waals surface area (Å²) < 4.78 is 53.7. The molecule has 0 aromatic carbocycles. The van der Waals surface area contributed by atoms with Crippen LogP contribution < -0.4 is 9.62 Å². The van der Waals surface area contributed by atoms with Gasteiger partial charge in [0.25, 0.3) is 10.0 Å². The second kappa shape index (κ2) is 8.63. The van der Waals surface area contributed by atoms with Crippen molar-refractivity contribution in [1.29, 1.82) is 0 Å². The molecular weight excluding hydrogens is 470 g/mol. The Hall–Kier alpha value is -2.38. The van der Waals surface area contributed by atoms with Gasteiger partial charge in [0.2, 0.25) is 0 Å². The van der Waals surface area contributed by atoms with Crippen LogP contribution in [0.15, 0.2) is 23.4 Å². The molecule has 0 fully saturated rings. The third kappa shape index (κ3) is 4.93. The number of carboxylic acid groups (broad SMARTS) is 1. The third-order valence-electron chi connectivity index (χ3n) is 4.88. The van der Waals surface area contributed by atoms with Crippen LogP contribution in [0.25, 0.3) is 0 Å². The fourth-order valence-corrected chi connectivity index (χ4v) is 6.55. The smallest absolute Gasteiger partial charge is 0.409 e. The Kier molecular flexibility index (Phi) is 6.48. The molecule has 1 unspecified atom stereocenters. The minimum atomic E-state index is -4.23. The van der Waals surface area contributed by atoms with Gasteiger partial charge in [-0.15, -0.1) is 0 Å². The highest BCUT2D eigenvalue weighted by Gasteiger charge is 2.37. The lowest BCUT2D eigenvalue weighted by Crippen LogP contribution is -2.42. The molecule has 1 aliphatic rings. The SMILES string of the molecule is CCn1cc(S(=O)(=O)N2CC(CS(=O)(=O)CC)Cc3ncc(NC(=O)O)cc32)c(Cl)n1. The average molecular weight is 492 g/mol. The molecule has 11 nitrogen and oxygen atoms in total. The number of halogens is 1. The standard InChI is InChI=1S/C17H22ClN5O6S2/c1-3-22-9-15(16(18)21-22)31(28,29)23-8-11(10-30(26,27)4-2)5-13-14(23)6-12(7-19-13)20-17(24)25/h6-7,9,11,20H,3-5,8,10H2,1-2H3,(H,24,25). The summed E-state index contributed by atoms with van der Waals surface area (Å²) in [6, 6.07) is 1.36. The molecule has 170 valence electrons. The highest BCUT2D eigenvalue weighted by Crippen LogP contribution is 2.36. The number of amides is 1. The van der Waals surface area contributed by atoms with E-state index in [1.165, 1.54) is 30.1 Å². The van der Waals surface area contributed by atoms with Gasteiger partial charge in [0.1, 0.15) is 14.7 Å². The second-order valence-electron chi connectivity index (χ2n) is 7.07. The van der Waals surface area contributed by atoms with Gasteiger partial charge in [-0.3, -0.25) is 19.3 Å². The lowest BCUT2D eigenvalue weighted by Gasteiger charge is -2.34. The van der Waals surface area contributed by atoms with Gasteiger partial charge in [-0.2, -0.15) is 5.10 Å². The van der Waals surface area contributed by atoms with Crippen molar-refractivity contribution in [2.75, 3.05) is 27.7 Å². The minimum Gasteiger partial charge on any atom is -0.465 e. The van der Waals surface area contributed by atoms with Crippen LogP contribution in [-0.2, 0) is 32.8 Å². The molecular formula is C17H22ClN5O6S2. The summed E-state index contributed by atoms with van der Waals surface area (Å²) in [5.41, 5.74) is 0.596. The highest BCUT2D eigenvalue weighted by atomic mass is 35.5. The molecule has 14 heteroatoms. The highest BCUT2D eigenvalue weighted by molar-refractivity contribution is 7.93. The molecule has 0 aliphatic carbocycles. The van der Waals surface area contributed by atoms with E-state index in [2.05, 4.69) is 15.4 Å². The molecule has 0 radical (unpaired) electrons.